The average Bonchev–Trinajstić information content (AvgIpc) is 3.34. The SMILES string of the molecule is Cc1nn(-c2ccccc2)c2sc(C(=O)NNC(=O)CCNc3ncccn3)cc12. The van der Waals surface area contributed by atoms with Gasteiger partial charge in [-0.2, -0.15) is 5.10 Å². The summed E-state index contributed by atoms with van der Waals surface area (Å²) in [6.07, 6.45) is 3.38. The van der Waals surface area contributed by atoms with E-state index in [0.717, 1.165) is 21.6 Å². The van der Waals surface area contributed by atoms with Crippen molar-refractivity contribution in [3.63, 3.8) is 0 Å². The minimum Gasteiger partial charge on any atom is -0.354 e. The molecule has 152 valence electrons. The Morgan fingerprint density at radius 3 is 2.60 bits per heavy atom. The number of aromatic nitrogens is 4. The van der Waals surface area contributed by atoms with Crippen molar-refractivity contribution in [3.05, 3.63) is 65.4 Å². The monoisotopic (exact) mass is 421 g/mol. The van der Waals surface area contributed by atoms with Gasteiger partial charge in [0.05, 0.1) is 16.3 Å². The van der Waals surface area contributed by atoms with E-state index in [1.54, 1.807) is 24.5 Å². The van der Waals surface area contributed by atoms with E-state index in [1.165, 1.54) is 11.3 Å². The number of nitrogens with one attached hydrogen (secondary N) is 3. The topological polar surface area (TPSA) is 114 Å². The number of fused-ring (bicyclic) bond motifs is 1. The predicted octanol–water partition coefficient (Wildman–Crippen LogP) is 2.45. The number of hydrogen-bond donors (Lipinski definition) is 3. The highest BCUT2D eigenvalue weighted by Crippen LogP contribution is 2.30. The summed E-state index contributed by atoms with van der Waals surface area (Å²) in [7, 11) is 0. The van der Waals surface area contributed by atoms with Crippen LogP contribution >= 0.6 is 11.3 Å². The summed E-state index contributed by atoms with van der Waals surface area (Å²) >= 11 is 1.32. The number of carbonyl (C=O) groups excluding carboxylic acids is 2. The van der Waals surface area contributed by atoms with Crippen molar-refractivity contribution < 1.29 is 9.59 Å². The number of nitrogens with zero attached hydrogens (tertiary/aromatic N) is 4. The third-order valence-electron chi connectivity index (χ3n) is 4.29. The molecule has 30 heavy (non-hydrogen) atoms. The summed E-state index contributed by atoms with van der Waals surface area (Å²) < 4.78 is 1.82. The normalized spacial score (nSPS) is 10.7. The Morgan fingerprint density at radius 2 is 1.83 bits per heavy atom. The number of benzene rings is 1. The van der Waals surface area contributed by atoms with E-state index in [1.807, 2.05) is 41.9 Å². The van der Waals surface area contributed by atoms with Gasteiger partial charge in [-0.05, 0) is 31.2 Å². The van der Waals surface area contributed by atoms with Crippen LogP contribution < -0.4 is 16.2 Å². The van der Waals surface area contributed by atoms with Gasteiger partial charge in [0.15, 0.2) is 0 Å². The Balaban J connectivity index is 1.36. The molecule has 3 aromatic heterocycles. The lowest BCUT2D eigenvalue weighted by Gasteiger charge is -2.07. The molecule has 3 N–H and O–H groups in total. The molecule has 0 fully saturated rings. The molecule has 0 aliphatic carbocycles. The van der Waals surface area contributed by atoms with E-state index in [9.17, 15) is 9.59 Å². The van der Waals surface area contributed by atoms with Crippen LogP contribution in [0.4, 0.5) is 5.95 Å². The van der Waals surface area contributed by atoms with Crippen molar-refractivity contribution in [1.82, 2.24) is 30.6 Å². The first-order chi connectivity index (χ1) is 14.6. The van der Waals surface area contributed by atoms with E-state index in [0.29, 0.717) is 17.4 Å². The first-order valence-electron chi connectivity index (χ1n) is 9.26. The Labute approximate surface area is 176 Å². The summed E-state index contributed by atoms with van der Waals surface area (Å²) in [6.45, 7) is 2.25. The molecule has 10 heteroatoms. The fourth-order valence-corrected chi connectivity index (χ4v) is 3.91. The van der Waals surface area contributed by atoms with Crippen LogP contribution in [0.25, 0.3) is 15.9 Å². The van der Waals surface area contributed by atoms with Gasteiger partial charge < -0.3 is 5.32 Å². The predicted molar refractivity (Wildman–Crippen MR) is 114 cm³/mol. The van der Waals surface area contributed by atoms with E-state index >= 15 is 0 Å². The van der Waals surface area contributed by atoms with Gasteiger partial charge in [0.1, 0.15) is 4.83 Å². The molecule has 0 aliphatic heterocycles. The number of thiophene rings is 1. The maximum atomic E-state index is 12.5. The van der Waals surface area contributed by atoms with E-state index < -0.39 is 0 Å². The molecule has 9 nitrogen and oxygen atoms in total. The summed E-state index contributed by atoms with van der Waals surface area (Å²) in [5.41, 5.74) is 6.65. The molecule has 3 heterocycles. The molecular formula is C20H19N7O2S. The number of hydrogen-bond acceptors (Lipinski definition) is 7. The molecule has 0 unspecified atom stereocenters. The molecule has 4 aromatic rings. The van der Waals surface area contributed by atoms with Crippen LogP contribution in [0.3, 0.4) is 0 Å². The zero-order chi connectivity index (χ0) is 20.9. The lowest BCUT2D eigenvalue weighted by Crippen LogP contribution is -2.41. The number of carbonyl (C=O) groups is 2. The number of para-hydroxylation sites is 1. The maximum Gasteiger partial charge on any atom is 0.279 e. The van der Waals surface area contributed by atoms with Crippen molar-refractivity contribution in [1.29, 1.82) is 0 Å². The Bertz CT molecular complexity index is 1170. The smallest absolute Gasteiger partial charge is 0.279 e. The highest BCUT2D eigenvalue weighted by atomic mass is 32.1. The minimum absolute atomic E-state index is 0.160. The first-order valence-corrected chi connectivity index (χ1v) is 10.1. The molecule has 0 spiro atoms. The Kier molecular flexibility index (Phi) is 5.66. The Morgan fingerprint density at radius 1 is 1.07 bits per heavy atom. The van der Waals surface area contributed by atoms with Gasteiger partial charge in [0.2, 0.25) is 11.9 Å². The second kappa shape index (κ2) is 8.70. The molecule has 0 radical (unpaired) electrons. The van der Waals surface area contributed by atoms with Crippen LogP contribution in [0, 0.1) is 6.92 Å². The van der Waals surface area contributed by atoms with Crippen molar-refractivity contribution in [2.45, 2.75) is 13.3 Å². The standard InChI is InChI=1S/C20H19N7O2S/c1-13-15-12-16(30-19(15)27(26-13)14-6-3-2-4-7-14)18(29)25-24-17(28)8-11-23-20-21-9-5-10-22-20/h2-7,9-10,12H,8,11H2,1H3,(H,24,28)(H,25,29)(H,21,22,23). The number of amides is 2. The third-order valence-corrected chi connectivity index (χ3v) is 5.39. The molecule has 1 aromatic carbocycles. The molecule has 0 aliphatic rings. The molecule has 0 bridgehead atoms. The van der Waals surface area contributed by atoms with Crippen LogP contribution in [0.1, 0.15) is 21.8 Å². The summed E-state index contributed by atoms with van der Waals surface area (Å²) in [6, 6.07) is 13.2. The van der Waals surface area contributed by atoms with Crippen molar-refractivity contribution in [3.8, 4) is 5.69 Å². The van der Waals surface area contributed by atoms with Gasteiger partial charge in [-0.1, -0.05) is 18.2 Å². The van der Waals surface area contributed by atoms with E-state index in [-0.39, 0.29) is 18.2 Å². The number of anilines is 1. The summed E-state index contributed by atoms with van der Waals surface area (Å²) in [5.74, 6) is -0.245. The minimum atomic E-state index is -0.372. The molecule has 0 saturated heterocycles. The van der Waals surface area contributed by atoms with Gasteiger partial charge in [-0.25, -0.2) is 14.6 Å². The van der Waals surface area contributed by atoms with Gasteiger partial charge >= 0.3 is 0 Å². The molecular weight excluding hydrogens is 402 g/mol. The van der Waals surface area contributed by atoms with E-state index in [2.05, 4.69) is 31.2 Å². The van der Waals surface area contributed by atoms with Crippen molar-refractivity contribution >= 4 is 39.3 Å². The number of rotatable bonds is 6. The Hall–Kier alpha value is -3.79. The first kappa shape index (κ1) is 19.5. The maximum absolute atomic E-state index is 12.5. The summed E-state index contributed by atoms with van der Waals surface area (Å²) in [4.78, 5) is 33.8. The zero-order valence-electron chi connectivity index (χ0n) is 16.1. The van der Waals surface area contributed by atoms with Gasteiger partial charge in [0.25, 0.3) is 5.91 Å². The van der Waals surface area contributed by atoms with Crippen LogP contribution in [0.5, 0.6) is 0 Å². The quantitative estimate of drug-likeness (QED) is 0.412. The highest BCUT2D eigenvalue weighted by Gasteiger charge is 2.17. The summed E-state index contributed by atoms with van der Waals surface area (Å²) in [5, 5.41) is 8.41. The lowest BCUT2D eigenvalue weighted by molar-refractivity contribution is -0.121. The van der Waals surface area contributed by atoms with Gasteiger partial charge in [0, 0.05) is 30.7 Å². The lowest BCUT2D eigenvalue weighted by atomic mass is 10.3. The average molecular weight is 421 g/mol. The van der Waals surface area contributed by atoms with Crippen molar-refractivity contribution in [2.75, 3.05) is 11.9 Å². The molecule has 0 atom stereocenters. The third kappa shape index (κ3) is 4.28. The van der Waals surface area contributed by atoms with Crippen LogP contribution in [-0.2, 0) is 4.79 Å². The van der Waals surface area contributed by atoms with Crippen molar-refractivity contribution in [2.24, 2.45) is 0 Å². The molecule has 2 amide bonds. The fourth-order valence-electron chi connectivity index (χ4n) is 2.83. The second-order valence-electron chi connectivity index (χ2n) is 6.41. The fraction of sp³-hybridized carbons (Fsp3) is 0.150. The molecule has 0 saturated carbocycles. The second-order valence-corrected chi connectivity index (χ2v) is 7.44. The largest absolute Gasteiger partial charge is 0.354 e. The van der Waals surface area contributed by atoms with Gasteiger partial charge in [-0.15, -0.1) is 11.3 Å². The molecule has 4 rings (SSSR count). The number of aryl methyl sites for hydroxylation is 1. The highest BCUT2D eigenvalue weighted by molar-refractivity contribution is 7.20. The van der Waals surface area contributed by atoms with Crippen LogP contribution in [0.15, 0.2) is 54.9 Å². The number of hydrazine groups is 1. The van der Waals surface area contributed by atoms with Gasteiger partial charge in [-0.3, -0.25) is 20.4 Å². The van der Waals surface area contributed by atoms with E-state index in [4.69, 9.17) is 0 Å². The zero-order valence-corrected chi connectivity index (χ0v) is 16.9. The van der Waals surface area contributed by atoms with Crippen LogP contribution in [0.2, 0.25) is 0 Å². The van der Waals surface area contributed by atoms with Crippen LogP contribution in [-0.4, -0.2) is 38.1 Å².